The van der Waals surface area contributed by atoms with Crippen LogP contribution in [0.2, 0.25) is 0 Å². The number of Topliss-reactive ketones (excluding diaryl/α,β-unsaturated/α-hetero) is 2. The van der Waals surface area contributed by atoms with Crippen LogP contribution in [0.15, 0.2) is 0 Å². The summed E-state index contributed by atoms with van der Waals surface area (Å²) in [6.45, 7) is 5.06. The number of hydrogen-bond donors (Lipinski definition) is 0. The van der Waals surface area contributed by atoms with Crippen molar-refractivity contribution >= 4 is 23.5 Å². The maximum atomic E-state index is 12.3. The van der Waals surface area contributed by atoms with Crippen LogP contribution >= 0.6 is 0 Å². The SMILES string of the molecule is CCOC(=O)C1(C(=O)OCC)CCC(CCC(C)=O)C(=O)C1. The van der Waals surface area contributed by atoms with E-state index in [1.807, 2.05) is 0 Å². The second-order valence-corrected chi connectivity index (χ2v) is 5.64. The molecule has 1 aliphatic carbocycles. The molecule has 0 aromatic carbocycles. The first-order valence-corrected chi connectivity index (χ1v) is 7.74. The Balaban J connectivity index is 2.88. The minimum Gasteiger partial charge on any atom is -0.465 e. The average Bonchev–Trinajstić information content (AvgIpc) is 2.46. The number of ether oxygens (including phenoxy) is 2. The Hall–Kier alpha value is -1.72. The van der Waals surface area contributed by atoms with E-state index in [1.54, 1.807) is 13.8 Å². The van der Waals surface area contributed by atoms with Crippen LogP contribution in [-0.4, -0.2) is 36.7 Å². The molecule has 0 heterocycles. The van der Waals surface area contributed by atoms with Gasteiger partial charge in [0.1, 0.15) is 11.6 Å². The van der Waals surface area contributed by atoms with Crippen LogP contribution in [0.5, 0.6) is 0 Å². The monoisotopic (exact) mass is 312 g/mol. The third kappa shape index (κ3) is 4.15. The van der Waals surface area contributed by atoms with Crippen molar-refractivity contribution in [2.24, 2.45) is 11.3 Å². The molecule has 6 nitrogen and oxygen atoms in total. The van der Waals surface area contributed by atoms with Gasteiger partial charge in [0.05, 0.1) is 13.2 Å². The maximum absolute atomic E-state index is 12.3. The molecule has 22 heavy (non-hydrogen) atoms. The zero-order valence-electron chi connectivity index (χ0n) is 13.5. The molecule has 0 amide bonds. The molecular formula is C16H24O6. The number of carbonyl (C=O) groups is 4. The van der Waals surface area contributed by atoms with E-state index in [2.05, 4.69) is 0 Å². The minimum absolute atomic E-state index is 0.0282. The molecule has 0 bridgehead atoms. The molecule has 124 valence electrons. The highest BCUT2D eigenvalue weighted by atomic mass is 16.6. The van der Waals surface area contributed by atoms with Gasteiger partial charge in [-0.25, -0.2) is 0 Å². The van der Waals surface area contributed by atoms with Crippen molar-refractivity contribution in [3.05, 3.63) is 0 Å². The molecule has 0 saturated heterocycles. The lowest BCUT2D eigenvalue weighted by Gasteiger charge is -2.34. The van der Waals surface area contributed by atoms with Gasteiger partial charge in [0.15, 0.2) is 5.41 Å². The Morgan fingerprint density at radius 1 is 1.14 bits per heavy atom. The number of hydrogen-bond acceptors (Lipinski definition) is 6. The van der Waals surface area contributed by atoms with Gasteiger partial charge in [-0.15, -0.1) is 0 Å². The van der Waals surface area contributed by atoms with Crippen LogP contribution in [0, 0.1) is 11.3 Å². The van der Waals surface area contributed by atoms with Crippen molar-refractivity contribution in [1.82, 2.24) is 0 Å². The smallest absolute Gasteiger partial charge is 0.323 e. The summed E-state index contributed by atoms with van der Waals surface area (Å²) >= 11 is 0. The molecule has 0 radical (unpaired) electrons. The molecule has 0 spiro atoms. The van der Waals surface area contributed by atoms with Crippen LogP contribution in [0.3, 0.4) is 0 Å². The quantitative estimate of drug-likeness (QED) is 0.526. The first-order valence-electron chi connectivity index (χ1n) is 7.74. The van der Waals surface area contributed by atoms with Crippen molar-refractivity contribution in [3.63, 3.8) is 0 Å². The molecule has 0 aliphatic heterocycles. The molecule has 1 aliphatic rings. The summed E-state index contributed by atoms with van der Waals surface area (Å²) < 4.78 is 9.98. The van der Waals surface area contributed by atoms with E-state index in [1.165, 1.54) is 6.92 Å². The minimum atomic E-state index is -1.52. The van der Waals surface area contributed by atoms with Crippen LogP contribution < -0.4 is 0 Å². The Morgan fingerprint density at radius 2 is 1.68 bits per heavy atom. The van der Waals surface area contributed by atoms with Crippen LogP contribution in [-0.2, 0) is 28.7 Å². The lowest BCUT2D eigenvalue weighted by Crippen LogP contribution is -2.48. The summed E-state index contributed by atoms with van der Waals surface area (Å²) in [7, 11) is 0. The van der Waals surface area contributed by atoms with Gasteiger partial charge in [0.2, 0.25) is 0 Å². The van der Waals surface area contributed by atoms with Crippen molar-refractivity contribution in [1.29, 1.82) is 0 Å². The molecule has 1 atom stereocenters. The Bertz CT molecular complexity index is 436. The largest absolute Gasteiger partial charge is 0.465 e. The Kier molecular flexibility index (Phi) is 6.71. The van der Waals surface area contributed by atoms with E-state index >= 15 is 0 Å². The summed E-state index contributed by atoms with van der Waals surface area (Å²) in [6.07, 6.45) is 1.22. The topological polar surface area (TPSA) is 86.7 Å². The van der Waals surface area contributed by atoms with Gasteiger partial charge in [-0.1, -0.05) is 0 Å². The molecule has 1 rings (SSSR count). The van der Waals surface area contributed by atoms with Gasteiger partial charge in [0.25, 0.3) is 0 Å². The molecular weight excluding hydrogens is 288 g/mol. The Labute approximate surface area is 130 Å². The van der Waals surface area contributed by atoms with Crippen LogP contribution in [0.4, 0.5) is 0 Å². The predicted molar refractivity (Wildman–Crippen MR) is 78.0 cm³/mol. The van der Waals surface area contributed by atoms with Gasteiger partial charge in [-0.05, 0) is 40.0 Å². The highest BCUT2D eigenvalue weighted by Gasteiger charge is 2.53. The normalized spacial score (nSPS) is 20.3. The van der Waals surface area contributed by atoms with Crippen molar-refractivity contribution in [2.45, 2.75) is 52.9 Å². The number of esters is 2. The zero-order valence-corrected chi connectivity index (χ0v) is 13.5. The van der Waals surface area contributed by atoms with Gasteiger partial charge in [-0.2, -0.15) is 0 Å². The second kappa shape index (κ2) is 8.06. The van der Waals surface area contributed by atoms with Gasteiger partial charge in [-0.3, -0.25) is 14.4 Å². The van der Waals surface area contributed by atoms with Crippen molar-refractivity contribution < 1.29 is 28.7 Å². The first kappa shape index (κ1) is 18.3. The third-order valence-corrected chi connectivity index (χ3v) is 4.03. The molecule has 1 unspecified atom stereocenters. The maximum Gasteiger partial charge on any atom is 0.323 e. The van der Waals surface area contributed by atoms with E-state index in [4.69, 9.17) is 9.47 Å². The predicted octanol–water partition coefficient (Wildman–Crippen LogP) is 1.84. The van der Waals surface area contributed by atoms with Crippen molar-refractivity contribution in [3.8, 4) is 0 Å². The summed E-state index contributed by atoms with van der Waals surface area (Å²) in [5.74, 6) is -1.80. The number of rotatable bonds is 7. The van der Waals surface area contributed by atoms with Gasteiger partial charge >= 0.3 is 11.9 Å². The van der Waals surface area contributed by atoms with Gasteiger partial charge in [0, 0.05) is 18.8 Å². The fourth-order valence-corrected chi connectivity index (χ4v) is 2.76. The Morgan fingerprint density at radius 3 is 2.09 bits per heavy atom. The molecule has 0 aromatic rings. The number of ketones is 2. The van der Waals surface area contributed by atoms with E-state index < -0.39 is 17.4 Å². The van der Waals surface area contributed by atoms with E-state index in [0.717, 1.165) is 0 Å². The zero-order chi connectivity index (χ0) is 16.8. The number of carbonyl (C=O) groups excluding carboxylic acids is 4. The summed E-state index contributed by atoms with van der Waals surface area (Å²) in [5, 5.41) is 0. The summed E-state index contributed by atoms with van der Waals surface area (Å²) in [6, 6.07) is 0. The molecule has 0 aromatic heterocycles. The van der Waals surface area contributed by atoms with Crippen LogP contribution in [0.1, 0.15) is 52.9 Å². The first-order chi connectivity index (χ1) is 10.4. The van der Waals surface area contributed by atoms with E-state index in [0.29, 0.717) is 19.3 Å². The fraction of sp³-hybridized carbons (Fsp3) is 0.750. The van der Waals surface area contributed by atoms with Crippen LogP contribution in [0.25, 0.3) is 0 Å². The highest BCUT2D eigenvalue weighted by molar-refractivity contribution is 6.05. The third-order valence-electron chi connectivity index (χ3n) is 4.03. The lowest BCUT2D eigenvalue weighted by molar-refractivity contribution is -0.177. The van der Waals surface area contributed by atoms with E-state index in [-0.39, 0.29) is 43.5 Å². The highest BCUT2D eigenvalue weighted by Crippen LogP contribution is 2.40. The lowest BCUT2D eigenvalue weighted by atomic mass is 9.68. The fourth-order valence-electron chi connectivity index (χ4n) is 2.76. The van der Waals surface area contributed by atoms with Crippen molar-refractivity contribution in [2.75, 3.05) is 13.2 Å². The molecule has 1 fully saturated rings. The van der Waals surface area contributed by atoms with Gasteiger partial charge < -0.3 is 14.3 Å². The standard InChI is InChI=1S/C16H24O6/c1-4-21-14(19)16(15(20)22-5-2)9-8-12(13(18)10-16)7-6-11(3)17/h12H,4-10H2,1-3H3. The molecule has 1 saturated carbocycles. The molecule has 0 N–H and O–H groups in total. The summed E-state index contributed by atoms with van der Waals surface area (Å²) in [4.78, 5) is 47.8. The second-order valence-electron chi connectivity index (χ2n) is 5.64. The summed E-state index contributed by atoms with van der Waals surface area (Å²) in [5.41, 5.74) is -1.52. The molecule has 6 heteroatoms. The van der Waals surface area contributed by atoms with E-state index in [9.17, 15) is 19.2 Å². The average molecular weight is 312 g/mol.